The fourth-order valence-electron chi connectivity index (χ4n) is 2.24. The summed E-state index contributed by atoms with van der Waals surface area (Å²) in [5.74, 6) is -0.134. The topological polar surface area (TPSA) is 12.0 Å². The van der Waals surface area contributed by atoms with Crippen LogP contribution in [0.5, 0.6) is 0 Å². The molecule has 0 fully saturated rings. The zero-order valence-electron chi connectivity index (χ0n) is 10.4. The Morgan fingerprint density at radius 2 is 2.12 bits per heavy atom. The second kappa shape index (κ2) is 5.85. The number of benzene rings is 1. The lowest BCUT2D eigenvalue weighted by Gasteiger charge is -2.19. The van der Waals surface area contributed by atoms with Gasteiger partial charge in [0.25, 0.3) is 0 Å². The van der Waals surface area contributed by atoms with Gasteiger partial charge in [0.05, 0.1) is 0 Å². The highest BCUT2D eigenvalue weighted by Crippen LogP contribution is 2.21. The van der Waals surface area contributed by atoms with E-state index in [0.717, 1.165) is 12.1 Å². The molecule has 1 aliphatic rings. The van der Waals surface area contributed by atoms with Crippen LogP contribution in [0.1, 0.15) is 37.7 Å². The quantitative estimate of drug-likeness (QED) is 0.745. The lowest BCUT2D eigenvalue weighted by atomic mass is 10.0. The maximum absolute atomic E-state index is 13.4. The van der Waals surface area contributed by atoms with Crippen molar-refractivity contribution in [2.75, 3.05) is 5.32 Å². The number of hydrogen-bond donors (Lipinski definition) is 1. The van der Waals surface area contributed by atoms with Gasteiger partial charge in [0, 0.05) is 17.3 Å². The number of nitrogens with one attached hydrogen (secondary N) is 1. The molecule has 1 aromatic rings. The van der Waals surface area contributed by atoms with Gasteiger partial charge in [-0.1, -0.05) is 31.1 Å². The van der Waals surface area contributed by atoms with Crippen molar-refractivity contribution in [1.82, 2.24) is 0 Å². The molecule has 1 aliphatic carbocycles. The zero-order valence-corrected chi connectivity index (χ0v) is 10.4. The molecule has 0 bridgehead atoms. The minimum Gasteiger partial charge on any atom is -0.379 e. The smallest absolute Gasteiger partial charge is 0.128 e. The van der Waals surface area contributed by atoms with Crippen molar-refractivity contribution < 1.29 is 4.39 Å². The Morgan fingerprint density at radius 1 is 1.24 bits per heavy atom. The maximum atomic E-state index is 13.4. The van der Waals surface area contributed by atoms with E-state index in [1.54, 1.807) is 6.07 Å². The van der Waals surface area contributed by atoms with Crippen LogP contribution in [-0.2, 0) is 0 Å². The minimum atomic E-state index is -0.134. The van der Waals surface area contributed by atoms with Crippen molar-refractivity contribution >= 4 is 5.69 Å². The fourth-order valence-corrected chi connectivity index (χ4v) is 2.24. The monoisotopic (exact) mass is 233 g/mol. The average Bonchev–Trinajstić information content (AvgIpc) is 2.28. The largest absolute Gasteiger partial charge is 0.379 e. The summed E-state index contributed by atoms with van der Waals surface area (Å²) < 4.78 is 13.4. The standard InChI is InChI=1S/C15H20FN/c1-12-14(16)10-7-11-15(12)17-13-8-5-3-2-4-6-9-13/h5,7-8,10-11,13,17H,2-4,6,9H2,1H3/b8-5+. The molecule has 0 saturated carbocycles. The third-order valence-electron chi connectivity index (χ3n) is 3.36. The molecular weight excluding hydrogens is 213 g/mol. The summed E-state index contributed by atoms with van der Waals surface area (Å²) in [6.45, 7) is 1.82. The first-order valence-electron chi connectivity index (χ1n) is 6.45. The molecule has 1 aromatic carbocycles. The van der Waals surface area contributed by atoms with Crippen LogP contribution < -0.4 is 5.32 Å². The van der Waals surface area contributed by atoms with Crippen LogP contribution in [-0.4, -0.2) is 6.04 Å². The Kier molecular flexibility index (Phi) is 4.18. The maximum Gasteiger partial charge on any atom is 0.128 e. The predicted octanol–water partition coefficient (Wildman–Crippen LogP) is 4.43. The first-order chi connectivity index (χ1) is 8.27. The molecule has 0 spiro atoms. The van der Waals surface area contributed by atoms with Gasteiger partial charge >= 0.3 is 0 Å². The summed E-state index contributed by atoms with van der Waals surface area (Å²) in [4.78, 5) is 0. The SMILES string of the molecule is Cc1c(F)cccc1NC1/C=C/CCCCC1. The van der Waals surface area contributed by atoms with Gasteiger partial charge in [-0.2, -0.15) is 0 Å². The van der Waals surface area contributed by atoms with E-state index in [1.807, 2.05) is 13.0 Å². The summed E-state index contributed by atoms with van der Waals surface area (Å²) in [5, 5.41) is 3.43. The van der Waals surface area contributed by atoms with E-state index in [-0.39, 0.29) is 5.82 Å². The van der Waals surface area contributed by atoms with Gasteiger partial charge in [-0.3, -0.25) is 0 Å². The first-order valence-corrected chi connectivity index (χ1v) is 6.45. The Bertz CT molecular complexity index is 398. The molecule has 17 heavy (non-hydrogen) atoms. The molecule has 0 radical (unpaired) electrons. The van der Waals surface area contributed by atoms with Gasteiger partial charge in [-0.15, -0.1) is 0 Å². The molecule has 0 saturated heterocycles. The highest BCUT2D eigenvalue weighted by molar-refractivity contribution is 5.52. The van der Waals surface area contributed by atoms with Crippen LogP contribution in [0.2, 0.25) is 0 Å². The Labute approximate surface area is 103 Å². The third kappa shape index (κ3) is 3.32. The molecule has 1 unspecified atom stereocenters. The first kappa shape index (κ1) is 12.2. The van der Waals surface area contributed by atoms with E-state index in [9.17, 15) is 4.39 Å². The molecule has 2 rings (SSSR count). The summed E-state index contributed by atoms with van der Waals surface area (Å²) in [6, 6.07) is 5.56. The van der Waals surface area contributed by atoms with Crippen molar-refractivity contribution in [2.45, 2.75) is 45.1 Å². The zero-order chi connectivity index (χ0) is 12.1. The highest BCUT2D eigenvalue weighted by Gasteiger charge is 2.09. The molecule has 1 atom stereocenters. The average molecular weight is 233 g/mol. The lowest BCUT2D eigenvalue weighted by molar-refractivity contribution is 0.605. The third-order valence-corrected chi connectivity index (χ3v) is 3.36. The molecule has 0 aromatic heterocycles. The molecule has 0 aliphatic heterocycles. The number of hydrogen-bond acceptors (Lipinski definition) is 1. The molecule has 1 N–H and O–H groups in total. The van der Waals surface area contributed by atoms with E-state index < -0.39 is 0 Å². The van der Waals surface area contributed by atoms with Gasteiger partial charge in [0.1, 0.15) is 5.82 Å². The normalized spacial score (nSPS) is 22.6. The van der Waals surface area contributed by atoms with Gasteiger partial charge in [-0.05, 0) is 38.3 Å². The molecular formula is C15H20FN. The van der Waals surface area contributed by atoms with Gasteiger partial charge in [0.15, 0.2) is 0 Å². The molecule has 2 heteroatoms. The summed E-state index contributed by atoms with van der Waals surface area (Å²) in [7, 11) is 0. The number of rotatable bonds is 2. The van der Waals surface area contributed by atoms with Crippen molar-refractivity contribution in [3.63, 3.8) is 0 Å². The van der Waals surface area contributed by atoms with E-state index in [1.165, 1.54) is 31.7 Å². The molecule has 0 heterocycles. The second-order valence-corrected chi connectivity index (χ2v) is 4.73. The van der Waals surface area contributed by atoms with Gasteiger partial charge < -0.3 is 5.32 Å². The van der Waals surface area contributed by atoms with Crippen molar-refractivity contribution in [3.8, 4) is 0 Å². The molecule has 92 valence electrons. The van der Waals surface area contributed by atoms with Crippen LogP contribution in [0.25, 0.3) is 0 Å². The predicted molar refractivity (Wildman–Crippen MR) is 70.8 cm³/mol. The van der Waals surface area contributed by atoms with E-state index >= 15 is 0 Å². The van der Waals surface area contributed by atoms with Crippen LogP contribution in [0.4, 0.5) is 10.1 Å². The van der Waals surface area contributed by atoms with Gasteiger partial charge in [0.2, 0.25) is 0 Å². The van der Waals surface area contributed by atoms with Crippen molar-refractivity contribution in [1.29, 1.82) is 0 Å². The fraction of sp³-hybridized carbons (Fsp3) is 0.467. The lowest BCUT2D eigenvalue weighted by Crippen LogP contribution is -2.18. The summed E-state index contributed by atoms with van der Waals surface area (Å²) in [5.41, 5.74) is 1.63. The van der Waals surface area contributed by atoms with Crippen LogP contribution in [0.15, 0.2) is 30.4 Å². The summed E-state index contributed by atoms with van der Waals surface area (Å²) in [6.07, 6.45) is 10.6. The van der Waals surface area contributed by atoms with Crippen LogP contribution in [0, 0.1) is 12.7 Å². The van der Waals surface area contributed by atoms with Gasteiger partial charge in [-0.25, -0.2) is 4.39 Å². The summed E-state index contributed by atoms with van der Waals surface area (Å²) >= 11 is 0. The van der Waals surface area contributed by atoms with Crippen molar-refractivity contribution in [3.05, 3.63) is 41.7 Å². The second-order valence-electron chi connectivity index (χ2n) is 4.73. The number of halogens is 1. The van der Waals surface area contributed by atoms with Crippen molar-refractivity contribution in [2.24, 2.45) is 0 Å². The minimum absolute atomic E-state index is 0.134. The Balaban J connectivity index is 2.08. The molecule has 0 amide bonds. The van der Waals surface area contributed by atoms with E-state index in [0.29, 0.717) is 11.6 Å². The number of anilines is 1. The Hall–Kier alpha value is -1.31. The highest BCUT2D eigenvalue weighted by atomic mass is 19.1. The Morgan fingerprint density at radius 3 is 3.00 bits per heavy atom. The van der Waals surface area contributed by atoms with E-state index in [4.69, 9.17) is 0 Å². The molecule has 1 nitrogen and oxygen atoms in total. The van der Waals surface area contributed by atoms with Crippen LogP contribution >= 0.6 is 0 Å². The van der Waals surface area contributed by atoms with Crippen LogP contribution in [0.3, 0.4) is 0 Å². The van der Waals surface area contributed by atoms with E-state index in [2.05, 4.69) is 17.5 Å². The number of allylic oxidation sites excluding steroid dienone is 1.